The third kappa shape index (κ3) is 3.36. The predicted octanol–water partition coefficient (Wildman–Crippen LogP) is 3.07. The second-order valence-corrected chi connectivity index (χ2v) is 5.85. The molecule has 0 radical (unpaired) electrons. The van der Waals surface area contributed by atoms with Gasteiger partial charge in [-0.15, -0.1) is 0 Å². The molecule has 0 unspecified atom stereocenters. The molecule has 0 saturated carbocycles. The monoisotopic (exact) mass is 303 g/mol. The topological polar surface area (TPSA) is 38.8 Å². The van der Waals surface area contributed by atoms with Gasteiger partial charge in [0, 0.05) is 20.0 Å². The maximum atomic E-state index is 12.1. The zero-order valence-corrected chi connectivity index (χ0v) is 12.7. The van der Waals surface area contributed by atoms with Gasteiger partial charge < -0.3 is 14.4 Å². The van der Waals surface area contributed by atoms with Crippen molar-refractivity contribution in [3.63, 3.8) is 0 Å². The quantitative estimate of drug-likeness (QED) is 0.852. The molecule has 0 atom stereocenters. The molecule has 3 rings (SSSR count). The van der Waals surface area contributed by atoms with Crippen LogP contribution in [0.15, 0.2) is 35.0 Å². The van der Waals surface area contributed by atoms with E-state index in [4.69, 9.17) is 9.47 Å². The van der Waals surface area contributed by atoms with Crippen LogP contribution in [-0.2, 0) is 17.8 Å². The van der Waals surface area contributed by atoms with Crippen LogP contribution in [0.25, 0.3) is 0 Å². The fourth-order valence-electron chi connectivity index (χ4n) is 2.28. The molecule has 1 aliphatic rings. The van der Waals surface area contributed by atoms with E-state index in [1.807, 2.05) is 30.6 Å². The number of rotatable bonds is 5. The van der Waals surface area contributed by atoms with Crippen LogP contribution < -0.4 is 9.47 Å². The second-order valence-electron chi connectivity index (χ2n) is 5.07. The van der Waals surface area contributed by atoms with Gasteiger partial charge in [-0.25, -0.2) is 0 Å². The van der Waals surface area contributed by atoms with Gasteiger partial charge in [-0.3, -0.25) is 4.79 Å². The lowest BCUT2D eigenvalue weighted by atomic mass is 10.1. The van der Waals surface area contributed by atoms with E-state index in [2.05, 4.69) is 11.4 Å². The van der Waals surface area contributed by atoms with Crippen molar-refractivity contribution in [1.82, 2.24) is 4.90 Å². The summed E-state index contributed by atoms with van der Waals surface area (Å²) in [6.07, 6.45) is 1.34. The lowest BCUT2D eigenvalue weighted by Gasteiger charge is -2.17. The molecule has 0 fully saturated rings. The van der Waals surface area contributed by atoms with Crippen molar-refractivity contribution in [2.24, 2.45) is 0 Å². The van der Waals surface area contributed by atoms with Crippen LogP contribution in [0.5, 0.6) is 11.5 Å². The molecule has 0 saturated heterocycles. The first kappa shape index (κ1) is 13.9. The zero-order chi connectivity index (χ0) is 14.7. The highest BCUT2D eigenvalue weighted by Crippen LogP contribution is 2.32. The summed E-state index contributed by atoms with van der Waals surface area (Å²) >= 11 is 1.66. The van der Waals surface area contributed by atoms with Crippen LogP contribution in [0, 0.1) is 0 Å². The fraction of sp³-hybridized carbons (Fsp3) is 0.312. The molecule has 5 heteroatoms. The van der Waals surface area contributed by atoms with Crippen molar-refractivity contribution in [2.45, 2.75) is 19.4 Å². The molecule has 0 spiro atoms. The van der Waals surface area contributed by atoms with E-state index in [9.17, 15) is 4.79 Å². The van der Waals surface area contributed by atoms with Crippen LogP contribution in [0.3, 0.4) is 0 Å². The largest absolute Gasteiger partial charge is 0.454 e. The Bertz CT molecular complexity index is 624. The summed E-state index contributed by atoms with van der Waals surface area (Å²) in [5, 5.41) is 4.13. The molecule has 1 aromatic heterocycles. The Kier molecular flexibility index (Phi) is 4.10. The summed E-state index contributed by atoms with van der Waals surface area (Å²) in [6.45, 7) is 0.854. The number of benzene rings is 1. The van der Waals surface area contributed by atoms with E-state index < -0.39 is 0 Å². The lowest BCUT2D eigenvalue weighted by Crippen LogP contribution is -2.26. The van der Waals surface area contributed by atoms with Crippen molar-refractivity contribution in [3.8, 4) is 11.5 Å². The third-order valence-electron chi connectivity index (χ3n) is 3.49. The number of amides is 1. The van der Waals surface area contributed by atoms with Gasteiger partial charge in [-0.1, -0.05) is 6.07 Å². The number of aryl methyl sites for hydroxylation is 1. The van der Waals surface area contributed by atoms with Crippen molar-refractivity contribution < 1.29 is 14.3 Å². The average molecular weight is 303 g/mol. The second kappa shape index (κ2) is 6.18. The molecule has 1 amide bonds. The first-order valence-corrected chi connectivity index (χ1v) is 7.80. The van der Waals surface area contributed by atoms with Crippen LogP contribution in [0.1, 0.15) is 17.5 Å². The van der Waals surface area contributed by atoms with E-state index in [-0.39, 0.29) is 12.7 Å². The van der Waals surface area contributed by atoms with Crippen LogP contribution in [0.2, 0.25) is 0 Å². The first-order chi connectivity index (χ1) is 10.2. The molecule has 21 heavy (non-hydrogen) atoms. The van der Waals surface area contributed by atoms with Gasteiger partial charge in [0.05, 0.1) is 0 Å². The predicted molar refractivity (Wildman–Crippen MR) is 81.7 cm³/mol. The molecule has 1 aliphatic heterocycles. The normalized spacial score (nSPS) is 12.4. The average Bonchev–Trinajstić information content (AvgIpc) is 3.15. The summed E-state index contributed by atoms with van der Waals surface area (Å²) in [5.41, 5.74) is 2.27. The van der Waals surface area contributed by atoms with Crippen molar-refractivity contribution in [3.05, 3.63) is 46.2 Å². The Balaban J connectivity index is 1.55. The van der Waals surface area contributed by atoms with Crippen molar-refractivity contribution >= 4 is 17.2 Å². The highest BCUT2D eigenvalue weighted by molar-refractivity contribution is 7.07. The zero-order valence-electron chi connectivity index (χ0n) is 11.9. The van der Waals surface area contributed by atoms with Gasteiger partial charge >= 0.3 is 0 Å². The Labute approximate surface area is 127 Å². The van der Waals surface area contributed by atoms with Crippen LogP contribution >= 0.6 is 11.3 Å². The number of hydrogen-bond acceptors (Lipinski definition) is 4. The Hall–Kier alpha value is -2.01. The minimum atomic E-state index is 0.152. The summed E-state index contributed by atoms with van der Waals surface area (Å²) < 4.78 is 10.6. The van der Waals surface area contributed by atoms with E-state index in [1.165, 1.54) is 5.56 Å². The van der Waals surface area contributed by atoms with Gasteiger partial charge in [-0.2, -0.15) is 11.3 Å². The van der Waals surface area contributed by atoms with Crippen molar-refractivity contribution in [2.75, 3.05) is 13.8 Å². The molecule has 0 N–H and O–H groups in total. The number of carbonyl (C=O) groups excluding carboxylic acids is 1. The maximum absolute atomic E-state index is 12.1. The highest BCUT2D eigenvalue weighted by Gasteiger charge is 2.15. The summed E-state index contributed by atoms with van der Waals surface area (Å²) in [6, 6.07) is 7.86. The molecule has 0 aliphatic carbocycles. The minimum Gasteiger partial charge on any atom is -0.454 e. The van der Waals surface area contributed by atoms with E-state index in [0.717, 1.165) is 23.5 Å². The van der Waals surface area contributed by atoms with E-state index >= 15 is 0 Å². The molecule has 110 valence electrons. The van der Waals surface area contributed by atoms with E-state index in [0.29, 0.717) is 13.0 Å². The molecule has 2 heterocycles. The number of hydrogen-bond donors (Lipinski definition) is 0. The smallest absolute Gasteiger partial charge is 0.231 e. The summed E-state index contributed by atoms with van der Waals surface area (Å²) in [4.78, 5) is 13.9. The van der Waals surface area contributed by atoms with Gasteiger partial charge in [0.25, 0.3) is 0 Å². The van der Waals surface area contributed by atoms with Gasteiger partial charge in [0.1, 0.15) is 0 Å². The Morgan fingerprint density at radius 3 is 2.90 bits per heavy atom. The number of carbonyl (C=O) groups is 1. The first-order valence-electron chi connectivity index (χ1n) is 6.86. The molecule has 4 nitrogen and oxygen atoms in total. The fourth-order valence-corrected chi connectivity index (χ4v) is 2.98. The molecular weight excluding hydrogens is 286 g/mol. The minimum absolute atomic E-state index is 0.152. The number of thiophene rings is 1. The molecule has 1 aromatic carbocycles. The standard InChI is InChI=1S/C16H17NO3S/c1-17(16(18)5-3-12-6-7-21-10-12)9-13-2-4-14-15(8-13)20-11-19-14/h2,4,6-8,10H,3,5,9,11H2,1H3. The Morgan fingerprint density at radius 1 is 1.24 bits per heavy atom. The van der Waals surface area contributed by atoms with E-state index in [1.54, 1.807) is 16.2 Å². The highest BCUT2D eigenvalue weighted by atomic mass is 32.1. The number of ether oxygens (including phenoxy) is 2. The molecular formula is C16H17NO3S. The maximum Gasteiger partial charge on any atom is 0.231 e. The van der Waals surface area contributed by atoms with Gasteiger partial charge in [-0.05, 0) is 46.5 Å². The Morgan fingerprint density at radius 2 is 2.10 bits per heavy atom. The summed E-state index contributed by atoms with van der Waals surface area (Å²) in [7, 11) is 1.83. The molecule has 2 aromatic rings. The lowest BCUT2D eigenvalue weighted by molar-refractivity contribution is -0.130. The van der Waals surface area contributed by atoms with Gasteiger partial charge in [0.2, 0.25) is 12.7 Å². The van der Waals surface area contributed by atoms with Crippen molar-refractivity contribution in [1.29, 1.82) is 0 Å². The van der Waals surface area contributed by atoms with Gasteiger partial charge in [0.15, 0.2) is 11.5 Å². The number of fused-ring (bicyclic) bond motifs is 1. The third-order valence-corrected chi connectivity index (χ3v) is 4.22. The molecule has 0 bridgehead atoms. The SMILES string of the molecule is CN(Cc1ccc2c(c1)OCO2)C(=O)CCc1ccsc1. The van der Waals surface area contributed by atoms with Crippen LogP contribution in [-0.4, -0.2) is 24.6 Å². The van der Waals surface area contributed by atoms with Crippen LogP contribution in [0.4, 0.5) is 0 Å². The summed E-state index contributed by atoms with van der Waals surface area (Å²) in [5.74, 6) is 1.68. The number of nitrogens with zero attached hydrogens (tertiary/aromatic N) is 1.